The van der Waals surface area contributed by atoms with Crippen LogP contribution in [0, 0.1) is 0 Å². The number of hydrogen-bond donors (Lipinski definition) is 0. The fraction of sp³-hybridized carbons (Fsp3) is 0.415. The molecular formula is C41H61N3. The molecular weight excluding hydrogens is 534 g/mol. The molecule has 3 nitrogen and oxygen atoms in total. The summed E-state index contributed by atoms with van der Waals surface area (Å²) in [6.45, 7) is 29.9. The molecule has 0 aromatic carbocycles. The van der Waals surface area contributed by atoms with Gasteiger partial charge in [0.1, 0.15) is 0 Å². The highest BCUT2D eigenvalue weighted by Crippen LogP contribution is 2.24. The predicted molar refractivity (Wildman–Crippen MR) is 198 cm³/mol. The number of rotatable bonds is 1. The van der Waals surface area contributed by atoms with E-state index >= 15 is 0 Å². The molecule has 0 atom stereocenters. The molecule has 240 valence electrons. The molecule has 0 radical (unpaired) electrons. The molecule has 0 aliphatic rings. The molecule has 0 spiro atoms. The summed E-state index contributed by atoms with van der Waals surface area (Å²) in [5.74, 6) is 0.601. The first kappa shape index (κ1) is 38.3. The Morgan fingerprint density at radius 3 is 1.55 bits per heavy atom. The van der Waals surface area contributed by atoms with E-state index in [0.717, 1.165) is 0 Å². The number of fused-ring (bicyclic) bond motifs is 3. The van der Waals surface area contributed by atoms with Crippen molar-refractivity contribution in [3.8, 4) is 0 Å². The molecule has 0 amide bonds. The minimum absolute atomic E-state index is 0.235. The van der Waals surface area contributed by atoms with Gasteiger partial charge in [0.15, 0.2) is 0 Å². The molecule has 0 aliphatic carbocycles. The maximum atomic E-state index is 2.25. The van der Waals surface area contributed by atoms with Gasteiger partial charge in [0, 0.05) is 53.7 Å². The predicted octanol–water partition coefficient (Wildman–Crippen LogP) is 12.6. The fourth-order valence-electron chi connectivity index (χ4n) is 4.56. The summed E-state index contributed by atoms with van der Waals surface area (Å²) in [6.07, 6.45) is 12.7. The second-order valence-corrected chi connectivity index (χ2v) is 12.4. The van der Waals surface area contributed by atoms with Crippen LogP contribution in [0.2, 0.25) is 0 Å². The van der Waals surface area contributed by atoms with Crippen LogP contribution in [0.4, 0.5) is 0 Å². The Balaban J connectivity index is 0.000000304. The zero-order valence-electron chi connectivity index (χ0n) is 30.3. The second-order valence-electron chi connectivity index (χ2n) is 12.4. The van der Waals surface area contributed by atoms with Gasteiger partial charge in [-0.15, -0.1) is 0 Å². The van der Waals surface area contributed by atoms with Gasteiger partial charge in [-0.3, -0.25) is 0 Å². The Labute approximate surface area is 269 Å². The van der Waals surface area contributed by atoms with Crippen molar-refractivity contribution in [3.05, 3.63) is 127 Å². The van der Waals surface area contributed by atoms with Crippen LogP contribution in [-0.4, -0.2) is 13.2 Å². The van der Waals surface area contributed by atoms with Gasteiger partial charge in [-0.2, -0.15) is 0 Å². The normalized spacial score (nSPS) is 10.7. The number of hydrogen-bond acceptors (Lipinski definition) is 0. The molecule has 6 heterocycles. The highest BCUT2D eigenvalue weighted by Gasteiger charge is 2.14. The molecule has 0 bridgehead atoms. The van der Waals surface area contributed by atoms with Crippen LogP contribution in [0.15, 0.2) is 110 Å². The molecule has 0 unspecified atom stereocenters. The van der Waals surface area contributed by atoms with Crippen molar-refractivity contribution in [2.45, 2.75) is 114 Å². The molecule has 6 aromatic rings. The molecule has 44 heavy (non-hydrogen) atoms. The van der Waals surface area contributed by atoms with E-state index < -0.39 is 0 Å². The quantitative estimate of drug-likeness (QED) is 0.179. The first-order valence-electron chi connectivity index (χ1n) is 16.6. The summed E-state index contributed by atoms with van der Waals surface area (Å²) in [6, 6.07) is 25.7. The first-order chi connectivity index (χ1) is 20.9. The maximum absolute atomic E-state index is 2.25. The van der Waals surface area contributed by atoms with E-state index in [4.69, 9.17) is 0 Å². The largest absolute Gasteiger partial charge is 0.324 e. The van der Waals surface area contributed by atoms with E-state index in [1.165, 1.54) is 33.2 Å². The molecule has 0 aliphatic heterocycles. The topological polar surface area (TPSA) is 13.2 Å². The lowest BCUT2D eigenvalue weighted by Crippen LogP contribution is -2.11. The van der Waals surface area contributed by atoms with Gasteiger partial charge in [0.25, 0.3) is 0 Å². The average Bonchev–Trinajstić information content (AvgIpc) is 3.80. The van der Waals surface area contributed by atoms with Crippen LogP contribution in [0.3, 0.4) is 0 Å². The second kappa shape index (κ2) is 18.2. The summed E-state index contributed by atoms with van der Waals surface area (Å²) in [5, 5.41) is 0. The molecule has 6 rings (SSSR count). The average molecular weight is 596 g/mol. The number of aromatic nitrogens is 3. The van der Waals surface area contributed by atoms with Gasteiger partial charge < -0.3 is 13.2 Å². The van der Waals surface area contributed by atoms with Crippen molar-refractivity contribution >= 4 is 16.6 Å². The zero-order valence-corrected chi connectivity index (χ0v) is 30.3. The summed E-state index contributed by atoms with van der Waals surface area (Å²) >= 11 is 0. The Morgan fingerprint density at radius 1 is 0.477 bits per heavy atom. The fourth-order valence-corrected chi connectivity index (χ4v) is 4.56. The van der Waals surface area contributed by atoms with Crippen LogP contribution < -0.4 is 0 Å². The van der Waals surface area contributed by atoms with Crippen molar-refractivity contribution in [2.24, 2.45) is 0 Å². The van der Waals surface area contributed by atoms with E-state index in [2.05, 4.69) is 179 Å². The maximum Gasteiger partial charge on any atom is 0.0484 e. The summed E-state index contributed by atoms with van der Waals surface area (Å²) in [7, 11) is 0. The Hall–Kier alpha value is -3.72. The summed E-state index contributed by atoms with van der Waals surface area (Å²) in [4.78, 5) is 0. The van der Waals surface area contributed by atoms with Crippen LogP contribution in [-0.2, 0) is 10.8 Å². The Morgan fingerprint density at radius 2 is 0.977 bits per heavy atom. The van der Waals surface area contributed by atoms with E-state index in [1.807, 2.05) is 41.5 Å². The standard InChI is InChI=1S/2C12H15N.C11H13N.3C2H6/c1-12(2,3)10-6-7-11-5-4-8-13(11)9-10;1-12(2,3)10-6-8-13-7-4-5-11(13)9-10;1-9(2)10-5-3-7-12-8-4-6-11(10)12;3*1-2/h2*4-9H,1-3H3;3-9H,1-2H3;3*1-2H3. The SMILES string of the molecule is CC.CC.CC.CC(C)(C)c1ccc2cccn2c1.CC(C)(C)c1ccn2cccc2c1.CC(C)c1cccn2cccc12. The van der Waals surface area contributed by atoms with Gasteiger partial charge in [-0.25, -0.2) is 0 Å². The Kier molecular flexibility index (Phi) is 15.8. The van der Waals surface area contributed by atoms with Gasteiger partial charge >= 0.3 is 0 Å². The van der Waals surface area contributed by atoms with Crippen molar-refractivity contribution in [1.29, 1.82) is 0 Å². The zero-order chi connectivity index (χ0) is 33.5. The number of nitrogens with zero attached hydrogens (tertiary/aromatic N) is 3. The third-order valence-electron chi connectivity index (χ3n) is 7.00. The van der Waals surface area contributed by atoms with E-state index in [0.29, 0.717) is 5.92 Å². The van der Waals surface area contributed by atoms with E-state index in [9.17, 15) is 0 Å². The lowest BCUT2D eigenvalue weighted by Gasteiger charge is -2.18. The molecule has 0 fully saturated rings. The molecule has 0 saturated heterocycles. The summed E-state index contributed by atoms with van der Waals surface area (Å²) < 4.78 is 6.46. The highest BCUT2D eigenvalue weighted by atomic mass is 14.9. The van der Waals surface area contributed by atoms with Gasteiger partial charge in [0.2, 0.25) is 0 Å². The molecule has 0 N–H and O–H groups in total. The van der Waals surface area contributed by atoms with Crippen molar-refractivity contribution in [1.82, 2.24) is 13.2 Å². The lowest BCUT2D eigenvalue weighted by molar-refractivity contribution is 0.586. The number of pyridine rings is 3. The van der Waals surface area contributed by atoms with Gasteiger partial charge in [0.05, 0.1) is 0 Å². The highest BCUT2D eigenvalue weighted by molar-refractivity contribution is 5.56. The third kappa shape index (κ3) is 10.8. The van der Waals surface area contributed by atoms with Crippen LogP contribution >= 0.6 is 0 Å². The molecule has 0 saturated carbocycles. The first-order valence-corrected chi connectivity index (χ1v) is 16.6. The van der Waals surface area contributed by atoms with E-state index in [-0.39, 0.29) is 10.8 Å². The van der Waals surface area contributed by atoms with Crippen molar-refractivity contribution in [2.75, 3.05) is 0 Å². The minimum Gasteiger partial charge on any atom is -0.324 e. The molecule has 6 aromatic heterocycles. The summed E-state index contributed by atoms with van der Waals surface area (Å²) in [5.41, 5.74) is 8.51. The van der Waals surface area contributed by atoms with Crippen LogP contribution in [0.5, 0.6) is 0 Å². The minimum atomic E-state index is 0.235. The monoisotopic (exact) mass is 595 g/mol. The van der Waals surface area contributed by atoms with E-state index in [1.54, 1.807) is 0 Å². The van der Waals surface area contributed by atoms with Gasteiger partial charge in [-0.05, 0) is 94.1 Å². The Bertz CT molecular complexity index is 1530. The third-order valence-corrected chi connectivity index (χ3v) is 7.00. The molecule has 3 heteroatoms. The van der Waals surface area contributed by atoms with Crippen LogP contribution in [0.1, 0.15) is 120 Å². The van der Waals surface area contributed by atoms with Crippen molar-refractivity contribution in [3.63, 3.8) is 0 Å². The van der Waals surface area contributed by atoms with Crippen LogP contribution in [0.25, 0.3) is 16.6 Å². The lowest BCUT2D eigenvalue weighted by atomic mass is 9.88. The smallest absolute Gasteiger partial charge is 0.0484 e. The van der Waals surface area contributed by atoms with Crippen molar-refractivity contribution < 1.29 is 0 Å². The van der Waals surface area contributed by atoms with Gasteiger partial charge in [-0.1, -0.05) is 109 Å².